The minimum Gasteiger partial charge on any atom is -0.467 e. The van der Waals surface area contributed by atoms with E-state index in [1.807, 2.05) is 0 Å². The fourth-order valence-corrected chi connectivity index (χ4v) is 2.07. The van der Waals surface area contributed by atoms with E-state index < -0.39 is 22.2 Å². The number of anilines is 3. The molecule has 3 aromatic rings. The predicted molar refractivity (Wildman–Crippen MR) is 84.4 cm³/mol. The summed E-state index contributed by atoms with van der Waals surface area (Å²) in [6.07, 6.45) is 2.55. The van der Waals surface area contributed by atoms with E-state index in [-0.39, 0.29) is 23.9 Å². The van der Waals surface area contributed by atoms with Gasteiger partial charge in [0.15, 0.2) is 0 Å². The van der Waals surface area contributed by atoms with Gasteiger partial charge in [0.25, 0.3) is 0 Å². The summed E-state index contributed by atoms with van der Waals surface area (Å²) in [5, 5.41) is 16.7. The van der Waals surface area contributed by atoms with E-state index in [0.29, 0.717) is 11.8 Å². The normalized spacial score (nSPS) is 10.5. The van der Waals surface area contributed by atoms with Crippen molar-refractivity contribution in [2.45, 2.75) is 6.54 Å². The van der Waals surface area contributed by atoms with Gasteiger partial charge < -0.3 is 15.1 Å². The molecule has 8 nitrogen and oxygen atoms in total. The number of aromatic nitrogens is 2. The Morgan fingerprint density at radius 1 is 1.20 bits per heavy atom. The molecule has 128 valence electrons. The minimum atomic E-state index is -0.905. The number of nitro groups is 1. The molecule has 25 heavy (non-hydrogen) atoms. The molecule has 0 aliphatic heterocycles. The molecule has 0 aliphatic rings. The maximum absolute atomic E-state index is 13.8. The van der Waals surface area contributed by atoms with Gasteiger partial charge in [-0.25, -0.2) is 18.7 Å². The smallest absolute Gasteiger partial charge is 0.353 e. The van der Waals surface area contributed by atoms with Crippen LogP contribution in [0.5, 0.6) is 0 Å². The summed E-state index contributed by atoms with van der Waals surface area (Å²) < 4.78 is 31.9. The zero-order valence-corrected chi connectivity index (χ0v) is 12.6. The van der Waals surface area contributed by atoms with Gasteiger partial charge in [-0.05, 0) is 24.3 Å². The number of hydrogen-bond acceptors (Lipinski definition) is 7. The van der Waals surface area contributed by atoms with Crippen LogP contribution in [0.1, 0.15) is 5.76 Å². The molecule has 2 aromatic heterocycles. The van der Waals surface area contributed by atoms with Gasteiger partial charge in [-0.15, -0.1) is 0 Å². The van der Waals surface area contributed by atoms with Crippen LogP contribution in [0.25, 0.3) is 0 Å². The number of furan rings is 1. The monoisotopic (exact) mass is 347 g/mol. The van der Waals surface area contributed by atoms with Crippen LogP contribution in [0.4, 0.5) is 31.8 Å². The molecule has 0 fully saturated rings. The predicted octanol–water partition coefficient (Wildman–Crippen LogP) is 3.61. The third-order valence-electron chi connectivity index (χ3n) is 3.20. The molecule has 0 amide bonds. The summed E-state index contributed by atoms with van der Waals surface area (Å²) in [7, 11) is 0. The molecular formula is C15H11F2N5O3. The summed E-state index contributed by atoms with van der Waals surface area (Å²) in [6, 6.07) is 6.16. The molecule has 0 aliphatic carbocycles. The SMILES string of the molecule is O=[N+]([O-])c1c(NCc2ccco2)ncnc1Nc1ccc(F)cc1F. The van der Waals surface area contributed by atoms with Crippen LogP contribution < -0.4 is 10.6 Å². The fourth-order valence-electron chi connectivity index (χ4n) is 2.07. The average molecular weight is 347 g/mol. The summed E-state index contributed by atoms with van der Waals surface area (Å²) in [5.74, 6) is -1.42. The Labute approximate surface area is 139 Å². The van der Waals surface area contributed by atoms with Crippen molar-refractivity contribution in [2.75, 3.05) is 10.6 Å². The average Bonchev–Trinajstić information content (AvgIpc) is 3.09. The lowest BCUT2D eigenvalue weighted by atomic mass is 10.3. The van der Waals surface area contributed by atoms with Crippen molar-refractivity contribution < 1.29 is 18.1 Å². The van der Waals surface area contributed by atoms with Crippen LogP contribution in [0.2, 0.25) is 0 Å². The van der Waals surface area contributed by atoms with Crippen LogP contribution >= 0.6 is 0 Å². The van der Waals surface area contributed by atoms with Gasteiger partial charge in [0.05, 0.1) is 23.4 Å². The van der Waals surface area contributed by atoms with E-state index in [9.17, 15) is 18.9 Å². The van der Waals surface area contributed by atoms with Crippen molar-refractivity contribution in [1.82, 2.24) is 9.97 Å². The first-order valence-electron chi connectivity index (χ1n) is 7.02. The van der Waals surface area contributed by atoms with Crippen LogP contribution in [0.3, 0.4) is 0 Å². The first-order valence-corrected chi connectivity index (χ1v) is 7.02. The lowest BCUT2D eigenvalue weighted by Gasteiger charge is -2.10. The van der Waals surface area contributed by atoms with Crippen LogP contribution in [-0.4, -0.2) is 14.9 Å². The van der Waals surface area contributed by atoms with Gasteiger partial charge >= 0.3 is 5.69 Å². The third-order valence-corrected chi connectivity index (χ3v) is 3.20. The van der Waals surface area contributed by atoms with Crippen molar-refractivity contribution in [3.05, 3.63) is 70.4 Å². The van der Waals surface area contributed by atoms with Crippen molar-refractivity contribution in [2.24, 2.45) is 0 Å². The standard InChI is InChI=1S/C15H11F2N5O3/c16-9-3-4-12(11(17)6-9)21-15-13(22(23)24)14(19-8-20-15)18-7-10-2-1-5-25-10/h1-6,8H,7H2,(H2,18,19,20,21). The number of benzene rings is 1. The molecule has 0 unspecified atom stereocenters. The summed E-state index contributed by atoms with van der Waals surface area (Å²) in [4.78, 5) is 18.3. The number of nitrogens with zero attached hydrogens (tertiary/aromatic N) is 3. The topological polar surface area (TPSA) is 106 Å². The van der Waals surface area contributed by atoms with Gasteiger partial charge in [-0.2, -0.15) is 0 Å². The zero-order chi connectivity index (χ0) is 17.8. The second kappa shape index (κ2) is 6.91. The highest BCUT2D eigenvalue weighted by Gasteiger charge is 2.24. The van der Waals surface area contributed by atoms with Gasteiger partial charge in [-0.3, -0.25) is 10.1 Å². The highest BCUT2D eigenvalue weighted by molar-refractivity contribution is 5.73. The van der Waals surface area contributed by atoms with Gasteiger partial charge in [0.2, 0.25) is 11.6 Å². The summed E-state index contributed by atoms with van der Waals surface area (Å²) in [6.45, 7) is 0.162. The zero-order valence-electron chi connectivity index (χ0n) is 12.6. The molecule has 0 atom stereocenters. The van der Waals surface area contributed by atoms with Crippen LogP contribution in [0, 0.1) is 21.7 Å². The third kappa shape index (κ3) is 3.68. The van der Waals surface area contributed by atoms with E-state index in [1.165, 1.54) is 6.26 Å². The molecule has 3 rings (SSSR count). The van der Waals surface area contributed by atoms with E-state index in [4.69, 9.17) is 4.42 Å². The second-order valence-corrected chi connectivity index (χ2v) is 4.86. The van der Waals surface area contributed by atoms with Crippen LogP contribution in [-0.2, 0) is 6.54 Å². The van der Waals surface area contributed by atoms with E-state index >= 15 is 0 Å². The molecular weight excluding hydrogens is 336 g/mol. The Hall–Kier alpha value is -3.56. The Morgan fingerprint density at radius 3 is 2.68 bits per heavy atom. The molecule has 2 heterocycles. The van der Waals surface area contributed by atoms with E-state index in [1.54, 1.807) is 12.1 Å². The molecule has 10 heteroatoms. The first kappa shape index (κ1) is 16.3. The fraction of sp³-hybridized carbons (Fsp3) is 0.0667. The van der Waals surface area contributed by atoms with E-state index in [0.717, 1.165) is 18.5 Å². The molecule has 2 N–H and O–H groups in total. The Kier molecular flexibility index (Phi) is 4.50. The van der Waals surface area contributed by atoms with Crippen molar-refractivity contribution in [1.29, 1.82) is 0 Å². The highest BCUT2D eigenvalue weighted by Crippen LogP contribution is 2.32. The van der Waals surface area contributed by atoms with Crippen molar-refractivity contribution in [3.8, 4) is 0 Å². The molecule has 0 bridgehead atoms. The lowest BCUT2D eigenvalue weighted by Crippen LogP contribution is -2.08. The van der Waals surface area contributed by atoms with Gasteiger partial charge in [-0.1, -0.05) is 0 Å². The number of halogens is 2. The lowest BCUT2D eigenvalue weighted by molar-refractivity contribution is -0.383. The molecule has 0 radical (unpaired) electrons. The van der Waals surface area contributed by atoms with Gasteiger partial charge in [0.1, 0.15) is 23.7 Å². The highest BCUT2D eigenvalue weighted by atomic mass is 19.1. The minimum absolute atomic E-state index is 0.0681. The molecule has 0 spiro atoms. The Morgan fingerprint density at radius 2 is 2.00 bits per heavy atom. The number of rotatable bonds is 6. The number of hydrogen-bond donors (Lipinski definition) is 2. The maximum Gasteiger partial charge on any atom is 0.353 e. The van der Waals surface area contributed by atoms with Gasteiger partial charge in [0, 0.05) is 6.07 Å². The maximum atomic E-state index is 13.8. The van der Waals surface area contributed by atoms with E-state index in [2.05, 4.69) is 20.6 Å². The Balaban J connectivity index is 1.90. The molecule has 0 saturated carbocycles. The molecule has 0 saturated heterocycles. The summed E-state index contributed by atoms with van der Waals surface area (Å²) in [5.41, 5.74) is -0.627. The largest absolute Gasteiger partial charge is 0.467 e. The number of nitrogens with one attached hydrogen (secondary N) is 2. The summed E-state index contributed by atoms with van der Waals surface area (Å²) >= 11 is 0. The Bertz CT molecular complexity index is 902. The molecule has 1 aromatic carbocycles. The second-order valence-electron chi connectivity index (χ2n) is 4.86. The first-order chi connectivity index (χ1) is 12.0. The van der Waals surface area contributed by atoms with Crippen LogP contribution in [0.15, 0.2) is 47.3 Å². The van der Waals surface area contributed by atoms with Crippen molar-refractivity contribution in [3.63, 3.8) is 0 Å². The van der Waals surface area contributed by atoms with Crippen molar-refractivity contribution >= 4 is 23.0 Å². The quantitative estimate of drug-likeness (QED) is 0.518.